The van der Waals surface area contributed by atoms with Crippen LogP contribution in [-0.4, -0.2) is 30.8 Å². The molecule has 1 amide bonds. The third-order valence-electron chi connectivity index (χ3n) is 3.32. The molecule has 20 heavy (non-hydrogen) atoms. The van der Waals surface area contributed by atoms with Gasteiger partial charge in [0.2, 0.25) is 5.91 Å². The molecule has 0 spiro atoms. The van der Waals surface area contributed by atoms with Crippen LogP contribution in [0.1, 0.15) is 26.7 Å². The first-order chi connectivity index (χ1) is 9.49. The predicted molar refractivity (Wildman–Crippen MR) is 77.8 cm³/mol. The number of hydrogen-bond donors (Lipinski definition) is 2. The molecule has 5 nitrogen and oxygen atoms in total. The Balaban J connectivity index is 1.97. The minimum absolute atomic E-state index is 0.130. The monoisotopic (exact) mass is 278 g/mol. The summed E-state index contributed by atoms with van der Waals surface area (Å²) in [7, 11) is 0. The largest absolute Gasteiger partial charge is 0.491 e. The van der Waals surface area contributed by atoms with E-state index in [1.807, 2.05) is 38.1 Å². The van der Waals surface area contributed by atoms with Crippen molar-refractivity contribution in [3.8, 4) is 5.75 Å². The number of hydrogen-bond acceptors (Lipinski definition) is 4. The van der Waals surface area contributed by atoms with Crippen LogP contribution < -0.4 is 15.8 Å². The van der Waals surface area contributed by atoms with Gasteiger partial charge in [-0.15, -0.1) is 0 Å². The Hall–Kier alpha value is -1.59. The SMILES string of the molecule is CC(C)Oc1ccc(NC(=O)C2(N)CCOCC2)cc1. The third kappa shape index (κ3) is 3.71. The fraction of sp³-hybridized carbons (Fsp3) is 0.533. The molecule has 2 rings (SSSR count). The number of carbonyl (C=O) groups is 1. The van der Waals surface area contributed by atoms with Crippen molar-refractivity contribution in [3.05, 3.63) is 24.3 Å². The summed E-state index contributed by atoms with van der Waals surface area (Å²) in [5, 5.41) is 2.86. The summed E-state index contributed by atoms with van der Waals surface area (Å²) in [5.74, 6) is 0.629. The van der Waals surface area contributed by atoms with Crippen LogP contribution in [0.3, 0.4) is 0 Å². The Kier molecular flexibility index (Phi) is 4.62. The molecule has 110 valence electrons. The Morgan fingerprint density at radius 1 is 1.30 bits per heavy atom. The van der Waals surface area contributed by atoms with Gasteiger partial charge in [0.1, 0.15) is 11.3 Å². The second-order valence-electron chi connectivity index (χ2n) is 5.41. The molecule has 1 aromatic rings. The second kappa shape index (κ2) is 6.24. The molecular formula is C15H22N2O3. The highest BCUT2D eigenvalue weighted by Crippen LogP contribution is 2.22. The number of benzene rings is 1. The van der Waals surface area contributed by atoms with E-state index in [1.165, 1.54) is 0 Å². The first kappa shape index (κ1) is 14.8. The molecule has 1 saturated heterocycles. The zero-order chi connectivity index (χ0) is 14.6. The maximum absolute atomic E-state index is 12.2. The summed E-state index contributed by atoms with van der Waals surface area (Å²) < 4.78 is 10.8. The van der Waals surface area contributed by atoms with E-state index < -0.39 is 5.54 Å². The standard InChI is InChI=1S/C15H22N2O3/c1-11(2)20-13-5-3-12(4-6-13)17-14(18)15(16)7-9-19-10-8-15/h3-6,11H,7-10,16H2,1-2H3,(H,17,18). The van der Waals surface area contributed by atoms with E-state index in [-0.39, 0.29) is 12.0 Å². The van der Waals surface area contributed by atoms with Gasteiger partial charge in [0.15, 0.2) is 0 Å². The van der Waals surface area contributed by atoms with Crippen molar-refractivity contribution < 1.29 is 14.3 Å². The molecule has 0 atom stereocenters. The van der Waals surface area contributed by atoms with Gasteiger partial charge in [0, 0.05) is 18.9 Å². The number of carbonyl (C=O) groups excluding carboxylic acids is 1. The van der Waals surface area contributed by atoms with Gasteiger partial charge in [0.05, 0.1) is 6.10 Å². The van der Waals surface area contributed by atoms with E-state index >= 15 is 0 Å². The van der Waals surface area contributed by atoms with Gasteiger partial charge in [-0.05, 0) is 51.0 Å². The highest BCUT2D eigenvalue weighted by molar-refractivity contribution is 5.98. The molecule has 1 aliphatic rings. The van der Waals surface area contributed by atoms with E-state index in [2.05, 4.69) is 5.32 Å². The number of rotatable bonds is 4. The number of nitrogens with two attached hydrogens (primary N) is 1. The second-order valence-corrected chi connectivity index (χ2v) is 5.41. The predicted octanol–water partition coefficient (Wildman–Crippen LogP) is 1.92. The molecule has 1 heterocycles. The van der Waals surface area contributed by atoms with Gasteiger partial charge >= 0.3 is 0 Å². The fourth-order valence-corrected chi connectivity index (χ4v) is 2.11. The van der Waals surface area contributed by atoms with E-state index in [9.17, 15) is 4.79 Å². The number of nitrogens with one attached hydrogen (secondary N) is 1. The Bertz CT molecular complexity index is 451. The van der Waals surface area contributed by atoms with E-state index in [4.69, 9.17) is 15.2 Å². The Labute approximate surface area is 119 Å². The van der Waals surface area contributed by atoms with E-state index in [0.717, 1.165) is 11.4 Å². The summed E-state index contributed by atoms with van der Waals surface area (Å²) in [4.78, 5) is 12.2. The topological polar surface area (TPSA) is 73.6 Å². The first-order valence-electron chi connectivity index (χ1n) is 6.94. The summed E-state index contributed by atoms with van der Waals surface area (Å²) >= 11 is 0. The van der Waals surface area contributed by atoms with E-state index in [0.29, 0.717) is 26.1 Å². The average Bonchev–Trinajstić information content (AvgIpc) is 2.41. The third-order valence-corrected chi connectivity index (χ3v) is 3.32. The molecule has 0 aliphatic carbocycles. The smallest absolute Gasteiger partial charge is 0.244 e. The van der Waals surface area contributed by atoms with Gasteiger partial charge in [-0.3, -0.25) is 4.79 Å². The van der Waals surface area contributed by atoms with Crippen LogP contribution in [0, 0.1) is 0 Å². The van der Waals surface area contributed by atoms with Gasteiger partial charge in [-0.2, -0.15) is 0 Å². The van der Waals surface area contributed by atoms with Crippen LogP contribution >= 0.6 is 0 Å². The molecule has 0 radical (unpaired) electrons. The molecule has 1 aromatic carbocycles. The van der Waals surface area contributed by atoms with Crippen molar-refractivity contribution in [2.24, 2.45) is 5.73 Å². The Morgan fingerprint density at radius 3 is 2.45 bits per heavy atom. The quantitative estimate of drug-likeness (QED) is 0.882. The zero-order valence-electron chi connectivity index (χ0n) is 12.0. The lowest BCUT2D eigenvalue weighted by atomic mass is 9.90. The maximum atomic E-state index is 12.2. The van der Waals surface area contributed by atoms with Crippen molar-refractivity contribution in [2.45, 2.75) is 38.3 Å². The van der Waals surface area contributed by atoms with Crippen molar-refractivity contribution >= 4 is 11.6 Å². The molecule has 5 heteroatoms. The van der Waals surface area contributed by atoms with Crippen LogP contribution in [-0.2, 0) is 9.53 Å². The van der Waals surface area contributed by atoms with Crippen molar-refractivity contribution in [2.75, 3.05) is 18.5 Å². The molecule has 0 unspecified atom stereocenters. The summed E-state index contributed by atoms with van der Waals surface area (Å²) in [6.07, 6.45) is 1.23. The highest BCUT2D eigenvalue weighted by atomic mass is 16.5. The molecule has 1 aliphatic heterocycles. The lowest BCUT2D eigenvalue weighted by molar-refractivity contribution is -0.124. The summed E-state index contributed by atoms with van der Waals surface area (Å²) in [6.45, 7) is 5.01. The Morgan fingerprint density at radius 2 is 1.90 bits per heavy atom. The number of amides is 1. The summed E-state index contributed by atoms with van der Waals surface area (Å²) in [6, 6.07) is 7.31. The van der Waals surface area contributed by atoms with Crippen molar-refractivity contribution in [1.29, 1.82) is 0 Å². The number of ether oxygens (including phenoxy) is 2. The molecule has 0 saturated carbocycles. The fourth-order valence-electron chi connectivity index (χ4n) is 2.11. The lowest BCUT2D eigenvalue weighted by Gasteiger charge is -2.31. The van der Waals surface area contributed by atoms with Gasteiger partial charge in [-0.1, -0.05) is 0 Å². The molecule has 0 bridgehead atoms. The summed E-state index contributed by atoms with van der Waals surface area (Å²) in [5.41, 5.74) is 6.03. The zero-order valence-corrected chi connectivity index (χ0v) is 12.0. The van der Waals surface area contributed by atoms with Crippen LogP contribution in [0.25, 0.3) is 0 Å². The van der Waals surface area contributed by atoms with Crippen LogP contribution in [0.15, 0.2) is 24.3 Å². The van der Waals surface area contributed by atoms with Crippen molar-refractivity contribution in [1.82, 2.24) is 0 Å². The molecule has 0 aromatic heterocycles. The van der Waals surface area contributed by atoms with E-state index in [1.54, 1.807) is 0 Å². The number of anilines is 1. The van der Waals surface area contributed by atoms with Crippen LogP contribution in [0.4, 0.5) is 5.69 Å². The maximum Gasteiger partial charge on any atom is 0.244 e. The van der Waals surface area contributed by atoms with Crippen LogP contribution in [0.5, 0.6) is 5.75 Å². The first-order valence-corrected chi connectivity index (χ1v) is 6.94. The minimum Gasteiger partial charge on any atom is -0.491 e. The van der Waals surface area contributed by atoms with Crippen LogP contribution in [0.2, 0.25) is 0 Å². The molecule has 3 N–H and O–H groups in total. The minimum atomic E-state index is -0.828. The lowest BCUT2D eigenvalue weighted by Crippen LogP contribution is -2.54. The van der Waals surface area contributed by atoms with Gasteiger partial charge < -0.3 is 20.5 Å². The molecular weight excluding hydrogens is 256 g/mol. The highest BCUT2D eigenvalue weighted by Gasteiger charge is 2.35. The molecule has 1 fully saturated rings. The normalized spacial score (nSPS) is 17.8. The van der Waals surface area contributed by atoms with Gasteiger partial charge in [-0.25, -0.2) is 0 Å². The average molecular weight is 278 g/mol. The van der Waals surface area contributed by atoms with Crippen molar-refractivity contribution in [3.63, 3.8) is 0 Å². The van der Waals surface area contributed by atoms with Gasteiger partial charge in [0.25, 0.3) is 0 Å².